The van der Waals surface area contributed by atoms with Crippen molar-refractivity contribution in [3.8, 4) is 0 Å². The third-order valence-corrected chi connectivity index (χ3v) is 4.92. The first kappa shape index (κ1) is 18.0. The summed E-state index contributed by atoms with van der Waals surface area (Å²) in [4.78, 5) is 27.5. The number of carbonyl (C=O) groups is 1. The zero-order chi connectivity index (χ0) is 19.7. The molecule has 0 aliphatic heterocycles. The molecule has 0 N–H and O–H groups in total. The number of benzene rings is 1. The van der Waals surface area contributed by atoms with E-state index in [9.17, 15) is 9.59 Å². The molecule has 0 fully saturated rings. The Morgan fingerprint density at radius 2 is 1.93 bits per heavy atom. The number of furan rings is 1. The summed E-state index contributed by atoms with van der Waals surface area (Å²) in [5, 5.41) is 4.46. The van der Waals surface area contributed by atoms with E-state index in [1.54, 1.807) is 17.2 Å². The summed E-state index contributed by atoms with van der Waals surface area (Å²) >= 11 is 0. The molecule has 0 bridgehead atoms. The lowest BCUT2D eigenvalue weighted by molar-refractivity contribution is -0.132. The Balaban J connectivity index is 1.67. The Kier molecular flexibility index (Phi) is 4.73. The van der Waals surface area contributed by atoms with Crippen LogP contribution in [0.25, 0.3) is 16.6 Å². The molecule has 0 saturated heterocycles. The van der Waals surface area contributed by atoms with Gasteiger partial charge in [-0.1, -0.05) is 37.3 Å². The number of nitrogens with zero attached hydrogens (tertiary/aromatic N) is 4. The third-order valence-electron chi connectivity index (χ3n) is 4.92. The van der Waals surface area contributed by atoms with Gasteiger partial charge in [-0.05, 0) is 12.5 Å². The predicted octanol–water partition coefficient (Wildman–Crippen LogP) is 2.85. The van der Waals surface area contributed by atoms with Gasteiger partial charge < -0.3 is 9.32 Å². The number of fused-ring (bicyclic) bond motifs is 3. The van der Waals surface area contributed by atoms with Crippen molar-refractivity contribution in [2.24, 2.45) is 0 Å². The number of aryl methyl sites for hydroxylation is 1. The van der Waals surface area contributed by atoms with Gasteiger partial charge in [-0.15, -0.1) is 0 Å². The number of hydrogen-bond donors (Lipinski definition) is 0. The molecule has 1 aromatic carbocycles. The molecule has 0 radical (unpaired) electrons. The van der Waals surface area contributed by atoms with Crippen LogP contribution in [-0.4, -0.2) is 31.5 Å². The van der Waals surface area contributed by atoms with Crippen molar-refractivity contribution in [2.75, 3.05) is 6.54 Å². The Morgan fingerprint density at radius 3 is 2.64 bits per heavy atom. The molecular formula is C21H22N4O3. The molecule has 144 valence electrons. The maximum atomic E-state index is 12.9. The second-order valence-electron chi connectivity index (χ2n) is 6.66. The van der Waals surface area contributed by atoms with Gasteiger partial charge in [0.2, 0.25) is 5.91 Å². The van der Waals surface area contributed by atoms with Crippen molar-refractivity contribution >= 4 is 22.5 Å². The van der Waals surface area contributed by atoms with E-state index in [0.717, 1.165) is 11.1 Å². The van der Waals surface area contributed by atoms with Crippen LogP contribution in [-0.2, 0) is 24.3 Å². The molecule has 0 aliphatic rings. The highest BCUT2D eigenvalue weighted by molar-refractivity contribution is 5.82. The summed E-state index contributed by atoms with van der Waals surface area (Å²) in [7, 11) is 0. The molecule has 3 aromatic heterocycles. The molecular weight excluding hydrogens is 356 g/mol. The van der Waals surface area contributed by atoms with Crippen molar-refractivity contribution < 1.29 is 9.21 Å². The van der Waals surface area contributed by atoms with Crippen LogP contribution >= 0.6 is 0 Å². The molecule has 0 spiro atoms. The standard InChI is InChI=1S/C21H22N4O3/c1-3-19-22-24(21(27)17-12-18-16(25(17)19)10-11-28-18)14-20(26)23(4-2)13-15-8-6-5-7-9-15/h5-12H,3-4,13-14H2,1-2H3. The molecule has 3 heterocycles. The summed E-state index contributed by atoms with van der Waals surface area (Å²) in [6, 6.07) is 13.3. The number of aromatic nitrogens is 3. The van der Waals surface area contributed by atoms with E-state index in [4.69, 9.17) is 4.42 Å². The summed E-state index contributed by atoms with van der Waals surface area (Å²) in [5.41, 5.74) is 2.67. The quantitative estimate of drug-likeness (QED) is 0.517. The summed E-state index contributed by atoms with van der Waals surface area (Å²) in [6.45, 7) is 4.88. The third kappa shape index (κ3) is 3.09. The number of hydrogen-bond acceptors (Lipinski definition) is 4. The lowest BCUT2D eigenvalue weighted by Crippen LogP contribution is -2.38. The molecule has 0 aliphatic carbocycles. The van der Waals surface area contributed by atoms with Crippen LogP contribution in [0, 0.1) is 0 Å². The van der Waals surface area contributed by atoms with Gasteiger partial charge in [0.05, 0.1) is 11.8 Å². The van der Waals surface area contributed by atoms with Crippen LogP contribution in [0.1, 0.15) is 25.2 Å². The maximum Gasteiger partial charge on any atom is 0.291 e. The van der Waals surface area contributed by atoms with E-state index >= 15 is 0 Å². The zero-order valence-corrected chi connectivity index (χ0v) is 16.0. The van der Waals surface area contributed by atoms with Gasteiger partial charge in [0, 0.05) is 31.6 Å². The van der Waals surface area contributed by atoms with Gasteiger partial charge in [0.25, 0.3) is 5.56 Å². The zero-order valence-electron chi connectivity index (χ0n) is 16.0. The monoisotopic (exact) mass is 378 g/mol. The second-order valence-corrected chi connectivity index (χ2v) is 6.66. The molecule has 4 aromatic rings. The molecule has 1 amide bonds. The minimum Gasteiger partial charge on any atom is -0.463 e. The van der Waals surface area contributed by atoms with Crippen molar-refractivity contribution in [1.29, 1.82) is 0 Å². The fraction of sp³-hybridized carbons (Fsp3) is 0.286. The normalized spacial score (nSPS) is 11.4. The largest absolute Gasteiger partial charge is 0.463 e. The first-order valence-corrected chi connectivity index (χ1v) is 9.42. The molecule has 0 atom stereocenters. The van der Waals surface area contributed by atoms with Gasteiger partial charge in [-0.3, -0.25) is 14.0 Å². The van der Waals surface area contributed by atoms with Gasteiger partial charge >= 0.3 is 0 Å². The number of carbonyl (C=O) groups excluding carboxylic acids is 1. The fourth-order valence-electron chi connectivity index (χ4n) is 3.47. The van der Waals surface area contributed by atoms with Gasteiger partial charge in [0.15, 0.2) is 5.58 Å². The molecule has 28 heavy (non-hydrogen) atoms. The first-order chi connectivity index (χ1) is 13.6. The molecule has 7 heteroatoms. The van der Waals surface area contributed by atoms with Crippen LogP contribution in [0.15, 0.2) is 57.9 Å². The van der Waals surface area contributed by atoms with Gasteiger partial charge in [0.1, 0.15) is 17.9 Å². The highest BCUT2D eigenvalue weighted by Crippen LogP contribution is 2.20. The van der Waals surface area contributed by atoms with Gasteiger partial charge in [-0.25, -0.2) is 4.68 Å². The Hall–Kier alpha value is -3.35. The van der Waals surface area contributed by atoms with Crippen molar-refractivity contribution in [2.45, 2.75) is 33.4 Å². The minimum absolute atomic E-state index is 0.0877. The lowest BCUT2D eigenvalue weighted by atomic mass is 10.2. The van der Waals surface area contributed by atoms with Crippen LogP contribution in [0.5, 0.6) is 0 Å². The van der Waals surface area contributed by atoms with E-state index in [-0.39, 0.29) is 18.0 Å². The Morgan fingerprint density at radius 1 is 1.14 bits per heavy atom. The van der Waals surface area contributed by atoms with Crippen molar-refractivity contribution in [3.63, 3.8) is 0 Å². The summed E-state index contributed by atoms with van der Waals surface area (Å²) in [6.07, 6.45) is 2.22. The smallest absolute Gasteiger partial charge is 0.291 e. The van der Waals surface area contributed by atoms with Crippen LogP contribution in [0.4, 0.5) is 0 Å². The van der Waals surface area contributed by atoms with Crippen LogP contribution in [0.2, 0.25) is 0 Å². The molecule has 4 rings (SSSR count). The van der Waals surface area contributed by atoms with Gasteiger partial charge in [-0.2, -0.15) is 5.10 Å². The first-order valence-electron chi connectivity index (χ1n) is 9.42. The van der Waals surface area contributed by atoms with E-state index in [0.29, 0.717) is 36.4 Å². The summed E-state index contributed by atoms with van der Waals surface area (Å²) < 4.78 is 8.50. The Labute approximate surface area is 161 Å². The number of amides is 1. The Bertz CT molecular complexity index is 1190. The minimum atomic E-state index is -0.298. The average Bonchev–Trinajstić information content (AvgIpc) is 3.30. The molecule has 0 unspecified atom stereocenters. The highest BCUT2D eigenvalue weighted by atomic mass is 16.3. The topological polar surface area (TPSA) is 72.8 Å². The lowest BCUT2D eigenvalue weighted by Gasteiger charge is -2.21. The van der Waals surface area contributed by atoms with E-state index < -0.39 is 0 Å². The maximum absolute atomic E-state index is 12.9. The SMILES string of the molecule is CCc1nn(CC(=O)N(CC)Cc2ccccc2)c(=O)c2cc3occc3n12. The van der Waals surface area contributed by atoms with E-state index in [1.165, 1.54) is 4.68 Å². The average molecular weight is 378 g/mol. The predicted molar refractivity (Wildman–Crippen MR) is 106 cm³/mol. The van der Waals surface area contributed by atoms with Crippen LogP contribution in [0.3, 0.4) is 0 Å². The van der Waals surface area contributed by atoms with Crippen LogP contribution < -0.4 is 5.56 Å². The highest BCUT2D eigenvalue weighted by Gasteiger charge is 2.19. The van der Waals surface area contributed by atoms with Crippen molar-refractivity contribution in [1.82, 2.24) is 19.1 Å². The van der Waals surface area contributed by atoms with E-state index in [1.807, 2.05) is 54.6 Å². The number of rotatable bonds is 6. The number of likely N-dealkylation sites (N-methyl/N-ethyl adjacent to an activating group) is 1. The second kappa shape index (κ2) is 7.34. The fourth-order valence-corrected chi connectivity index (χ4v) is 3.47. The molecule has 0 saturated carbocycles. The van der Waals surface area contributed by atoms with Crippen molar-refractivity contribution in [3.05, 3.63) is 70.5 Å². The molecule has 7 nitrogen and oxygen atoms in total. The van der Waals surface area contributed by atoms with E-state index in [2.05, 4.69) is 5.10 Å². The summed E-state index contributed by atoms with van der Waals surface area (Å²) in [5.74, 6) is 0.576.